The predicted molar refractivity (Wildman–Crippen MR) is 117 cm³/mol. The number of fused-ring (bicyclic) bond motifs is 3. The minimum absolute atomic E-state index is 0.0636. The quantitative estimate of drug-likeness (QED) is 0.519. The molecular formula is C22H19Cl2F3N2O3. The average Bonchev–Trinajstić information content (AvgIpc) is 2.88. The molecule has 0 unspecified atom stereocenters. The molecule has 2 aliphatic rings. The summed E-state index contributed by atoms with van der Waals surface area (Å²) in [6.45, 7) is 1.19. The maximum atomic E-state index is 14.1. The molecule has 2 aromatic rings. The normalized spacial score (nSPS) is 18.6. The summed E-state index contributed by atoms with van der Waals surface area (Å²) in [5.41, 5.74) is 0.522. The van der Waals surface area contributed by atoms with Crippen LogP contribution < -0.4 is 14.4 Å². The Morgan fingerprint density at radius 1 is 1.06 bits per heavy atom. The summed E-state index contributed by atoms with van der Waals surface area (Å²) in [5, 5.41) is 0.702. The number of aliphatic imine (C=N–C) groups is 1. The smallest absolute Gasteiger partial charge is 0.431 e. The van der Waals surface area contributed by atoms with Crippen molar-refractivity contribution >= 4 is 34.7 Å². The first-order chi connectivity index (χ1) is 15.2. The van der Waals surface area contributed by atoms with Gasteiger partial charge in [0.15, 0.2) is 11.5 Å². The Morgan fingerprint density at radius 2 is 1.78 bits per heavy atom. The van der Waals surface area contributed by atoms with E-state index in [9.17, 15) is 13.2 Å². The maximum absolute atomic E-state index is 14.1. The lowest BCUT2D eigenvalue weighted by Gasteiger charge is -2.33. The van der Waals surface area contributed by atoms with E-state index in [0.29, 0.717) is 32.7 Å². The molecule has 5 nitrogen and oxygen atoms in total. The topological polar surface area (TPSA) is 43.3 Å². The second-order valence-corrected chi connectivity index (χ2v) is 8.19. The molecule has 0 bridgehead atoms. The third-order valence-corrected chi connectivity index (χ3v) is 5.75. The number of halogens is 5. The number of hydrogen-bond acceptors (Lipinski definition) is 5. The van der Waals surface area contributed by atoms with E-state index in [4.69, 9.17) is 37.4 Å². The van der Waals surface area contributed by atoms with Crippen molar-refractivity contribution in [3.05, 3.63) is 62.8 Å². The second kappa shape index (κ2) is 8.50. The molecule has 4 rings (SSSR count). The first kappa shape index (κ1) is 22.8. The van der Waals surface area contributed by atoms with Gasteiger partial charge in [-0.15, -0.1) is 0 Å². The van der Waals surface area contributed by atoms with Gasteiger partial charge in [-0.2, -0.15) is 13.2 Å². The van der Waals surface area contributed by atoms with Crippen LogP contribution in [-0.4, -0.2) is 39.4 Å². The van der Waals surface area contributed by atoms with Crippen molar-refractivity contribution in [2.24, 2.45) is 4.99 Å². The zero-order chi connectivity index (χ0) is 23.2. The number of methoxy groups -OCH3 is 2. The fraction of sp³-hybridized carbons (Fsp3) is 0.318. The first-order valence-electron chi connectivity index (χ1n) is 9.58. The zero-order valence-electron chi connectivity index (χ0n) is 17.4. The minimum Gasteiger partial charge on any atom is -0.493 e. The van der Waals surface area contributed by atoms with Crippen molar-refractivity contribution in [3.63, 3.8) is 0 Å². The van der Waals surface area contributed by atoms with Crippen LogP contribution in [0.3, 0.4) is 0 Å². The fourth-order valence-electron chi connectivity index (χ4n) is 4.01. The lowest BCUT2D eigenvalue weighted by atomic mass is 9.97. The molecule has 0 saturated heterocycles. The lowest BCUT2D eigenvalue weighted by Crippen LogP contribution is -2.42. The molecule has 0 radical (unpaired) electrons. The SMILES string of the molecule is COc1cc(Cl)cc([C@H]2OCC3=NCC(C)=C(C(F)(F)F)N3c3ccc(Cl)cc32)c1OC. The van der Waals surface area contributed by atoms with Crippen LogP contribution >= 0.6 is 23.2 Å². The van der Waals surface area contributed by atoms with Gasteiger partial charge in [0.2, 0.25) is 0 Å². The van der Waals surface area contributed by atoms with E-state index in [1.54, 1.807) is 18.2 Å². The number of nitrogens with zero attached hydrogens (tertiary/aromatic N) is 2. The van der Waals surface area contributed by atoms with Crippen LogP contribution in [0.1, 0.15) is 24.2 Å². The number of ether oxygens (including phenoxy) is 3. The zero-order valence-corrected chi connectivity index (χ0v) is 18.9. The summed E-state index contributed by atoms with van der Waals surface area (Å²) in [4.78, 5) is 5.45. The Labute approximate surface area is 193 Å². The van der Waals surface area contributed by atoms with Gasteiger partial charge >= 0.3 is 6.18 Å². The molecule has 10 heteroatoms. The number of rotatable bonds is 3. The van der Waals surface area contributed by atoms with Gasteiger partial charge in [-0.1, -0.05) is 23.2 Å². The van der Waals surface area contributed by atoms with Crippen molar-refractivity contribution in [1.82, 2.24) is 0 Å². The van der Waals surface area contributed by atoms with Gasteiger partial charge in [0, 0.05) is 27.2 Å². The van der Waals surface area contributed by atoms with Crippen molar-refractivity contribution in [1.29, 1.82) is 0 Å². The monoisotopic (exact) mass is 486 g/mol. The lowest BCUT2D eigenvalue weighted by molar-refractivity contribution is -0.0932. The highest BCUT2D eigenvalue weighted by Gasteiger charge is 2.45. The number of benzene rings is 2. The average molecular weight is 487 g/mol. The number of alkyl halides is 3. The highest BCUT2D eigenvalue weighted by atomic mass is 35.5. The van der Waals surface area contributed by atoms with E-state index in [1.165, 1.54) is 33.3 Å². The van der Waals surface area contributed by atoms with Crippen molar-refractivity contribution in [2.45, 2.75) is 19.2 Å². The van der Waals surface area contributed by atoms with Gasteiger partial charge in [-0.05, 0) is 36.8 Å². The first-order valence-corrected chi connectivity index (χ1v) is 10.3. The van der Waals surface area contributed by atoms with E-state index in [0.717, 1.165) is 4.90 Å². The van der Waals surface area contributed by atoms with Gasteiger partial charge in [0.05, 0.1) is 26.5 Å². The molecule has 0 saturated carbocycles. The van der Waals surface area contributed by atoms with Gasteiger partial charge in [0.25, 0.3) is 0 Å². The van der Waals surface area contributed by atoms with Crippen LogP contribution in [-0.2, 0) is 4.74 Å². The van der Waals surface area contributed by atoms with E-state index in [-0.39, 0.29) is 30.2 Å². The van der Waals surface area contributed by atoms with Gasteiger partial charge in [-0.3, -0.25) is 9.89 Å². The Balaban J connectivity index is 1.98. The molecule has 0 fully saturated rings. The summed E-state index contributed by atoms with van der Waals surface area (Å²) >= 11 is 12.5. The van der Waals surface area contributed by atoms with Crippen LogP contribution in [0, 0.1) is 0 Å². The number of anilines is 1. The largest absolute Gasteiger partial charge is 0.493 e. The fourth-order valence-corrected chi connectivity index (χ4v) is 4.41. The third kappa shape index (κ3) is 3.91. The molecule has 2 aliphatic heterocycles. The summed E-state index contributed by atoms with van der Waals surface area (Å²) < 4.78 is 59.3. The van der Waals surface area contributed by atoms with Crippen LogP contribution in [0.4, 0.5) is 18.9 Å². The highest BCUT2D eigenvalue weighted by Crippen LogP contribution is 2.48. The predicted octanol–water partition coefficient (Wildman–Crippen LogP) is 6.19. The van der Waals surface area contributed by atoms with Crippen LogP contribution in [0.5, 0.6) is 11.5 Å². The van der Waals surface area contributed by atoms with E-state index in [1.807, 2.05) is 0 Å². The molecule has 1 atom stereocenters. The molecule has 0 aliphatic carbocycles. The van der Waals surface area contributed by atoms with E-state index < -0.39 is 18.0 Å². The van der Waals surface area contributed by atoms with Crippen LogP contribution in [0.15, 0.2) is 46.6 Å². The Hall–Kier alpha value is -2.42. The Bertz CT molecular complexity index is 1130. The summed E-state index contributed by atoms with van der Waals surface area (Å²) in [5.74, 6) is 0.882. The van der Waals surface area contributed by atoms with Gasteiger partial charge in [-0.25, -0.2) is 0 Å². The highest BCUT2D eigenvalue weighted by molar-refractivity contribution is 6.31. The van der Waals surface area contributed by atoms with Crippen molar-refractivity contribution < 1.29 is 27.4 Å². The number of amidine groups is 1. The van der Waals surface area contributed by atoms with Gasteiger partial charge in [0.1, 0.15) is 24.2 Å². The van der Waals surface area contributed by atoms with Crippen molar-refractivity contribution in [2.75, 3.05) is 32.3 Å². The Kier molecular flexibility index (Phi) is 6.04. The standard InChI is InChI=1S/C22H19Cl2F3N2O3/c1-11-9-28-18-10-32-19(15-7-13(24)8-17(30-2)20(15)31-3)14-6-12(23)4-5-16(14)29(18)21(11)22(25,26)27/h4-8,19H,9-10H2,1-3H3/t19-/m0/s1. The minimum atomic E-state index is -4.58. The molecule has 2 aromatic carbocycles. The molecule has 0 aromatic heterocycles. The summed E-state index contributed by atoms with van der Waals surface area (Å²) in [7, 11) is 2.93. The van der Waals surface area contributed by atoms with Crippen LogP contribution in [0.25, 0.3) is 0 Å². The van der Waals surface area contributed by atoms with E-state index in [2.05, 4.69) is 4.99 Å². The number of hydrogen-bond donors (Lipinski definition) is 0. The molecule has 170 valence electrons. The van der Waals surface area contributed by atoms with E-state index >= 15 is 0 Å². The molecule has 0 N–H and O–H groups in total. The number of allylic oxidation sites excluding steroid dienone is 1. The van der Waals surface area contributed by atoms with Crippen molar-refractivity contribution in [3.8, 4) is 11.5 Å². The maximum Gasteiger partial charge on any atom is 0.431 e. The molecule has 2 heterocycles. The second-order valence-electron chi connectivity index (χ2n) is 7.32. The Morgan fingerprint density at radius 3 is 2.44 bits per heavy atom. The summed E-state index contributed by atoms with van der Waals surface area (Å²) in [6.07, 6.45) is -5.42. The third-order valence-electron chi connectivity index (χ3n) is 5.30. The van der Waals surface area contributed by atoms with Gasteiger partial charge < -0.3 is 14.2 Å². The molecule has 32 heavy (non-hydrogen) atoms. The summed E-state index contributed by atoms with van der Waals surface area (Å²) in [6, 6.07) is 7.87. The van der Waals surface area contributed by atoms with Crippen LogP contribution in [0.2, 0.25) is 10.0 Å². The molecule has 0 amide bonds. The molecule has 0 spiro atoms. The molecular weight excluding hydrogens is 468 g/mol.